The van der Waals surface area contributed by atoms with Crippen LogP contribution in [0.5, 0.6) is 0 Å². The third-order valence-electron chi connectivity index (χ3n) is 2.92. The smallest absolute Gasteiger partial charge is 0.233 e. The van der Waals surface area contributed by atoms with Crippen LogP contribution in [0.2, 0.25) is 4.34 Å². The summed E-state index contributed by atoms with van der Waals surface area (Å²) < 4.78 is 27.1. The van der Waals surface area contributed by atoms with Crippen molar-refractivity contribution in [3.63, 3.8) is 0 Å². The summed E-state index contributed by atoms with van der Waals surface area (Å²) in [6.07, 6.45) is 1.64. The maximum Gasteiger partial charge on any atom is 0.233 e. The fraction of sp³-hybridized carbons (Fsp3) is 0.188. The number of hydrogen-bond acceptors (Lipinski definition) is 3. The molecule has 0 atom stereocenters. The van der Waals surface area contributed by atoms with E-state index in [1.165, 1.54) is 23.5 Å². The minimum absolute atomic E-state index is 0.0650. The van der Waals surface area contributed by atoms with Crippen molar-refractivity contribution in [2.24, 2.45) is 0 Å². The molecule has 23 heavy (non-hydrogen) atoms. The molecule has 2 rings (SSSR count). The molecule has 0 bridgehead atoms. The summed E-state index contributed by atoms with van der Waals surface area (Å²) in [4.78, 5) is 15.2. The van der Waals surface area contributed by atoms with Crippen molar-refractivity contribution < 1.29 is 13.6 Å². The van der Waals surface area contributed by atoms with Gasteiger partial charge in [-0.2, -0.15) is 0 Å². The Kier molecular flexibility index (Phi) is 6.62. The van der Waals surface area contributed by atoms with Crippen molar-refractivity contribution in [3.05, 3.63) is 63.8 Å². The van der Waals surface area contributed by atoms with Crippen molar-refractivity contribution in [2.75, 3.05) is 12.3 Å². The summed E-state index contributed by atoms with van der Waals surface area (Å²) in [7, 11) is 0. The zero-order chi connectivity index (χ0) is 16.8. The highest BCUT2D eigenvalue weighted by molar-refractivity contribution is 8.00. The van der Waals surface area contributed by atoms with Crippen LogP contribution >= 0.6 is 34.7 Å². The van der Waals surface area contributed by atoms with E-state index in [2.05, 4.69) is 6.58 Å². The number of carbonyl (C=O) groups is 1. The van der Waals surface area contributed by atoms with Crippen molar-refractivity contribution >= 4 is 40.6 Å². The fourth-order valence-electron chi connectivity index (χ4n) is 1.86. The van der Waals surface area contributed by atoms with Crippen LogP contribution in [0.1, 0.15) is 4.88 Å². The van der Waals surface area contributed by atoms with Gasteiger partial charge in [0.25, 0.3) is 0 Å². The lowest BCUT2D eigenvalue weighted by atomic mass is 10.3. The Balaban J connectivity index is 1.98. The van der Waals surface area contributed by atoms with E-state index in [9.17, 15) is 13.6 Å². The predicted molar refractivity (Wildman–Crippen MR) is 92.0 cm³/mol. The Morgan fingerprint density at radius 3 is 2.74 bits per heavy atom. The minimum atomic E-state index is -0.664. The molecule has 1 aromatic carbocycles. The van der Waals surface area contributed by atoms with Gasteiger partial charge in [-0.25, -0.2) is 8.78 Å². The highest BCUT2D eigenvalue weighted by Gasteiger charge is 2.15. The molecule has 2 nitrogen and oxygen atoms in total. The zero-order valence-corrected chi connectivity index (χ0v) is 14.5. The van der Waals surface area contributed by atoms with Gasteiger partial charge < -0.3 is 4.90 Å². The van der Waals surface area contributed by atoms with E-state index in [0.29, 0.717) is 17.4 Å². The van der Waals surface area contributed by atoms with Crippen LogP contribution in [0.3, 0.4) is 0 Å². The number of halogens is 3. The molecule has 0 unspecified atom stereocenters. The molecule has 0 saturated carbocycles. The Labute approximate surface area is 146 Å². The van der Waals surface area contributed by atoms with E-state index < -0.39 is 11.6 Å². The minimum Gasteiger partial charge on any atom is -0.333 e. The number of carbonyl (C=O) groups excluding carboxylic acids is 1. The monoisotopic (exact) mass is 373 g/mol. The van der Waals surface area contributed by atoms with Crippen molar-refractivity contribution in [1.82, 2.24) is 4.90 Å². The lowest BCUT2D eigenvalue weighted by Gasteiger charge is -2.20. The molecule has 2 aromatic rings. The van der Waals surface area contributed by atoms with Crippen LogP contribution in [0, 0.1) is 11.6 Å². The number of hydrogen-bond donors (Lipinski definition) is 0. The first-order valence-corrected chi connectivity index (χ1v) is 8.88. The second kappa shape index (κ2) is 8.47. The molecule has 1 aromatic heterocycles. The Hall–Kier alpha value is -1.37. The zero-order valence-electron chi connectivity index (χ0n) is 12.1. The molecule has 0 aliphatic rings. The summed E-state index contributed by atoms with van der Waals surface area (Å²) in [5.74, 6) is -1.39. The van der Waals surface area contributed by atoms with Gasteiger partial charge >= 0.3 is 0 Å². The van der Waals surface area contributed by atoms with Crippen LogP contribution in [0.25, 0.3) is 0 Å². The van der Waals surface area contributed by atoms with Gasteiger partial charge in [-0.15, -0.1) is 29.7 Å². The van der Waals surface area contributed by atoms with Gasteiger partial charge in [0.1, 0.15) is 11.6 Å². The van der Waals surface area contributed by atoms with Gasteiger partial charge in [-0.3, -0.25) is 4.79 Å². The standard InChI is InChI=1S/C16H14ClF2NOS2/c1-2-7-20(9-12-4-6-15(17)23-12)16(21)10-22-14-5-3-11(18)8-13(14)19/h2-6,8H,1,7,9-10H2. The largest absolute Gasteiger partial charge is 0.333 e. The lowest BCUT2D eigenvalue weighted by molar-refractivity contribution is -0.128. The number of amides is 1. The van der Waals surface area contributed by atoms with Crippen molar-refractivity contribution in [2.45, 2.75) is 11.4 Å². The highest BCUT2D eigenvalue weighted by Crippen LogP contribution is 2.25. The first kappa shape index (κ1) is 18.0. The molecule has 0 saturated heterocycles. The second-order valence-electron chi connectivity index (χ2n) is 4.63. The van der Waals surface area contributed by atoms with E-state index >= 15 is 0 Å². The van der Waals surface area contributed by atoms with Crippen LogP contribution < -0.4 is 0 Å². The number of rotatable bonds is 7. The summed E-state index contributed by atoms with van der Waals surface area (Å²) in [5, 5.41) is 0. The first-order chi connectivity index (χ1) is 11.0. The lowest BCUT2D eigenvalue weighted by Crippen LogP contribution is -2.31. The average molecular weight is 374 g/mol. The molecule has 7 heteroatoms. The summed E-state index contributed by atoms with van der Waals surface area (Å²) in [6, 6.07) is 6.95. The van der Waals surface area contributed by atoms with E-state index in [0.717, 1.165) is 22.7 Å². The summed E-state index contributed by atoms with van der Waals surface area (Å²) >= 11 is 8.34. The number of benzene rings is 1. The number of thiophene rings is 1. The predicted octanol–water partition coefficient (Wildman–Crippen LogP) is 4.99. The van der Waals surface area contributed by atoms with Gasteiger partial charge in [0.2, 0.25) is 5.91 Å². The SMILES string of the molecule is C=CCN(Cc1ccc(Cl)s1)C(=O)CSc1ccc(F)cc1F. The third kappa shape index (κ3) is 5.34. The molecule has 1 amide bonds. The van der Waals surface area contributed by atoms with Gasteiger partial charge in [0, 0.05) is 22.4 Å². The summed E-state index contributed by atoms with van der Waals surface area (Å²) in [6.45, 7) is 4.46. The second-order valence-corrected chi connectivity index (χ2v) is 7.45. The van der Waals surface area contributed by atoms with Crippen LogP contribution in [-0.2, 0) is 11.3 Å². The van der Waals surface area contributed by atoms with Crippen molar-refractivity contribution in [3.8, 4) is 0 Å². The van der Waals surface area contributed by atoms with Gasteiger partial charge in [0.15, 0.2) is 0 Å². The number of nitrogens with zero attached hydrogens (tertiary/aromatic N) is 1. The van der Waals surface area contributed by atoms with Crippen LogP contribution in [-0.4, -0.2) is 23.1 Å². The molecular weight excluding hydrogens is 360 g/mol. The molecule has 1 heterocycles. The van der Waals surface area contributed by atoms with Crippen molar-refractivity contribution in [1.29, 1.82) is 0 Å². The maximum absolute atomic E-state index is 13.6. The van der Waals surface area contributed by atoms with E-state index in [-0.39, 0.29) is 16.6 Å². The topological polar surface area (TPSA) is 20.3 Å². The Morgan fingerprint density at radius 2 is 2.13 bits per heavy atom. The molecule has 0 N–H and O–H groups in total. The van der Waals surface area contributed by atoms with Gasteiger partial charge in [-0.1, -0.05) is 17.7 Å². The molecule has 0 aliphatic carbocycles. The molecule has 122 valence electrons. The molecule has 0 aliphatic heterocycles. The normalized spacial score (nSPS) is 10.6. The maximum atomic E-state index is 13.6. The average Bonchev–Trinajstić information content (AvgIpc) is 2.91. The Bertz CT molecular complexity index is 705. The van der Waals surface area contributed by atoms with Gasteiger partial charge in [-0.05, 0) is 24.3 Å². The highest BCUT2D eigenvalue weighted by atomic mass is 35.5. The number of thioether (sulfide) groups is 1. The third-order valence-corrected chi connectivity index (χ3v) is 5.17. The molecular formula is C16H14ClF2NOS2. The van der Waals surface area contributed by atoms with Crippen LogP contribution in [0.4, 0.5) is 8.78 Å². The van der Waals surface area contributed by atoms with E-state index in [4.69, 9.17) is 11.6 Å². The van der Waals surface area contributed by atoms with E-state index in [1.807, 2.05) is 6.07 Å². The molecule has 0 spiro atoms. The molecule has 0 fully saturated rings. The Morgan fingerprint density at radius 1 is 1.35 bits per heavy atom. The van der Waals surface area contributed by atoms with Gasteiger partial charge in [0.05, 0.1) is 16.6 Å². The molecule has 0 radical (unpaired) electrons. The van der Waals surface area contributed by atoms with E-state index in [1.54, 1.807) is 17.0 Å². The van der Waals surface area contributed by atoms with Crippen LogP contribution in [0.15, 0.2) is 47.9 Å². The quantitative estimate of drug-likeness (QED) is 0.503. The first-order valence-electron chi connectivity index (χ1n) is 6.70. The fourth-order valence-corrected chi connectivity index (χ4v) is 3.78. The summed E-state index contributed by atoms with van der Waals surface area (Å²) in [5.41, 5.74) is 0.